The van der Waals surface area contributed by atoms with Crippen molar-refractivity contribution in [3.05, 3.63) is 40.4 Å². The monoisotopic (exact) mass is 333 g/mol. The number of carbonyl (C=O) groups is 1. The fraction of sp³-hybridized carbons (Fsp3) is 0.182. The third kappa shape index (κ3) is 3.66. The molecular weight excluding hydrogens is 322 g/mol. The standard InChI is InChI=1S/C11H12BrNO4S/c1-7(2)6-13-18(16,17)10-5-8(11(14)15)3-4-9(10)12/h3-5,13H,1,6H2,2H3,(H,14,15). The summed E-state index contributed by atoms with van der Waals surface area (Å²) in [7, 11) is -3.76. The van der Waals surface area contributed by atoms with Crippen LogP contribution in [0.15, 0.2) is 39.7 Å². The molecule has 0 bridgehead atoms. The zero-order chi connectivity index (χ0) is 13.9. The maximum atomic E-state index is 12.0. The lowest BCUT2D eigenvalue weighted by Gasteiger charge is -2.09. The van der Waals surface area contributed by atoms with Crippen molar-refractivity contribution in [2.45, 2.75) is 11.8 Å². The molecule has 0 saturated heterocycles. The number of aromatic carboxylic acids is 1. The second-order valence-electron chi connectivity index (χ2n) is 3.73. The molecule has 5 nitrogen and oxygen atoms in total. The fourth-order valence-corrected chi connectivity index (χ4v) is 3.22. The molecule has 0 amide bonds. The van der Waals surface area contributed by atoms with Gasteiger partial charge in [-0.3, -0.25) is 0 Å². The number of nitrogens with one attached hydrogen (secondary N) is 1. The van der Waals surface area contributed by atoms with Crippen molar-refractivity contribution in [3.8, 4) is 0 Å². The lowest BCUT2D eigenvalue weighted by Crippen LogP contribution is -2.25. The summed E-state index contributed by atoms with van der Waals surface area (Å²) in [6.45, 7) is 5.38. The van der Waals surface area contributed by atoms with Crippen molar-refractivity contribution in [2.75, 3.05) is 6.54 Å². The van der Waals surface area contributed by atoms with Crippen molar-refractivity contribution in [1.82, 2.24) is 4.72 Å². The molecule has 98 valence electrons. The van der Waals surface area contributed by atoms with Crippen LogP contribution in [-0.2, 0) is 10.0 Å². The molecule has 18 heavy (non-hydrogen) atoms. The number of hydrogen-bond donors (Lipinski definition) is 2. The number of carboxylic acids is 1. The Morgan fingerprint density at radius 3 is 2.61 bits per heavy atom. The van der Waals surface area contributed by atoms with E-state index >= 15 is 0 Å². The molecule has 0 aromatic heterocycles. The Morgan fingerprint density at radius 2 is 2.11 bits per heavy atom. The Morgan fingerprint density at radius 1 is 1.50 bits per heavy atom. The van der Waals surface area contributed by atoms with Crippen molar-refractivity contribution in [2.24, 2.45) is 0 Å². The molecule has 0 saturated carbocycles. The van der Waals surface area contributed by atoms with Gasteiger partial charge in [0.25, 0.3) is 0 Å². The Labute approximate surface area is 114 Å². The van der Waals surface area contributed by atoms with E-state index in [0.29, 0.717) is 10.0 Å². The molecule has 0 radical (unpaired) electrons. The quantitative estimate of drug-likeness (QED) is 0.807. The number of carboxylic acid groups (broad SMARTS) is 1. The number of rotatable bonds is 5. The van der Waals surface area contributed by atoms with Crippen molar-refractivity contribution in [1.29, 1.82) is 0 Å². The zero-order valence-electron chi connectivity index (χ0n) is 9.60. The predicted octanol–water partition coefficient (Wildman–Crippen LogP) is 2.00. The molecule has 0 atom stereocenters. The fourth-order valence-electron chi connectivity index (χ4n) is 1.14. The highest BCUT2D eigenvalue weighted by Crippen LogP contribution is 2.23. The van der Waals surface area contributed by atoms with Crippen LogP contribution in [0.4, 0.5) is 0 Å². The van der Waals surface area contributed by atoms with Crippen LogP contribution in [0.5, 0.6) is 0 Å². The molecule has 0 aliphatic carbocycles. The Balaban J connectivity index is 3.18. The summed E-state index contributed by atoms with van der Waals surface area (Å²) in [6.07, 6.45) is 0. The molecule has 0 fully saturated rings. The molecular formula is C11H12BrNO4S. The highest BCUT2D eigenvalue weighted by atomic mass is 79.9. The van der Waals surface area contributed by atoms with Gasteiger partial charge in [0, 0.05) is 11.0 Å². The topological polar surface area (TPSA) is 83.5 Å². The third-order valence-corrected chi connectivity index (χ3v) is 4.43. The van der Waals surface area contributed by atoms with Gasteiger partial charge in [-0.25, -0.2) is 17.9 Å². The minimum Gasteiger partial charge on any atom is -0.478 e. The van der Waals surface area contributed by atoms with E-state index in [0.717, 1.165) is 6.07 Å². The van der Waals surface area contributed by atoms with Crippen molar-refractivity contribution >= 4 is 31.9 Å². The van der Waals surface area contributed by atoms with Crippen LogP contribution in [0.2, 0.25) is 0 Å². The number of benzene rings is 1. The van der Waals surface area contributed by atoms with E-state index in [1.807, 2.05) is 0 Å². The average Bonchev–Trinajstić information content (AvgIpc) is 2.26. The largest absolute Gasteiger partial charge is 0.478 e. The molecule has 0 aliphatic rings. The van der Waals surface area contributed by atoms with Crippen LogP contribution in [0.1, 0.15) is 17.3 Å². The van der Waals surface area contributed by atoms with E-state index in [1.54, 1.807) is 6.92 Å². The first-order valence-electron chi connectivity index (χ1n) is 4.91. The first-order chi connectivity index (χ1) is 8.24. The van der Waals surface area contributed by atoms with Gasteiger partial charge in [-0.1, -0.05) is 12.2 Å². The molecule has 1 aromatic rings. The van der Waals surface area contributed by atoms with Crippen LogP contribution >= 0.6 is 15.9 Å². The first kappa shape index (κ1) is 14.9. The first-order valence-corrected chi connectivity index (χ1v) is 7.18. The van der Waals surface area contributed by atoms with E-state index in [1.165, 1.54) is 12.1 Å². The van der Waals surface area contributed by atoms with Gasteiger partial charge in [0.15, 0.2) is 0 Å². The minimum absolute atomic E-state index is 0.0890. The normalized spacial score (nSPS) is 11.2. The summed E-state index contributed by atoms with van der Waals surface area (Å²) < 4.78 is 26.6. The summed E-state index contributed by atoms with van der Waals surface area (Å²) in [6, 6.07) is 3.82. The molecule has 1 aromatic carbocycles. The molecule has 0 spiro atoms. The predicted molar refractivity (Wildman–Crippen MR) is 71.1 cm³/mol. The molecule has 2 N–H and O–H groups in total. The number of halogens is 1. The van der Waals surface area contributed by atoms with Crippen LogP contribution < -0.4 is 4.72 Å². The smallest absolute Gasteiger partial charge is 0.335 e. The summed E-state index contributed by atoms with van der Waals surface area (Å²) in [5.74, 6) is -1.18. The highest BCUT2D eigenvalue weighted by molar-refractivity contribution is 9.10. The van der Waals surface area contributed by atoms with Crippen molar-refractivity contribution < 1.29 is 18.3 Å². The number of hydrogen-bond acceptors (Lipinski definition) is 3. The van der Waals surface area contributed by atoms with E-state index in [-0.39, 0.29) is 17.0 Å². The summed E-state index contributed by atoms with van der Waals surface area (Å²) >= 11 is 3.09. The van der Waals surface area contributed by atoms with Crippen LogP contribution in [0.25, 0.3) is 0 Å². The van der Waals surface area contributed by atoms with Gasteiger partial charge in [0.05, 0.1) is 10.5 Å². The van der Waals surface area contributed by atoms with Crippen molar-refractivity contribution in [3.63, 3.8) is 0 Å². The Hall–Kier alpha value is -1.18. The van der Waals surface area contributed by atoms with Gasteiger partial charge in [0.2, 0.25) is 10.0 Å². The summed E-state index contributed by atoms with van der Waals surface area (Å²) in [5.41, 5.74) is 0.568. The van der Waals surface area contributed by atoms with Gasteiger partial charge in [-0.2, -0.15) is 0 Å². The van der Waals surface area contributed by atoms with Crippen LogP contribution in [0, 0.1) is 0 Å². The minimum atomic E-state index is -3.76. The van der Waals surface area contributed by atoms with E-state index in [9.17, 15) is 13.2 Å². The van der Waals surface area contributed by atoms with E-state index in [4.69, 9.17) is 5.11 Å². The maximum absolute atomic E-state index is 12.0. The molecule has 0 aliphatic heterocycles. The van der Waals surface area contributed by atoms with Gasteiger partial charge in [0.1, 0.15) is 0 Å². The molecule has 7 heteroatoms. The second-order valence-corrected chi connectivity index (χ2v) is 6.32. The average molecular weight is 334 g/mol. The van der Waals surface area contributed by atoms with Gasteiger partial charge >= 0.3 is 5.97 Å². The number of sulfonamides is 1. The van der Waals surface area contributed by atoms with Gasteiger partial charge < -0.3 is 5.11 Å². The Bertz CT molecular complexity index is 595. The summed E-state index contributed by atoms with van der Waals surface area (Å²) in [4.78, 5) is 10.7. The highest BCUT2D eigenvalue weighted by Gasteiger charge is 2.19. The van der Waals surface area contributed by atoms with Gasteiger partial charge in [-0.05, 0) is 41.1 Å². The third-order valence-electron chi connectivity index (χ3n) is 2.03. The molecule has 1 rings (SSSR count). The van der Waals surface area contributed by atoms with Crippen LogP contribution in [-0.4, -0.2) is 26.0 Å². The summed E-state index contributed by atoms with van der Waals surface area (Å²) in [5, 5.41) is 8.84. The van der Waals surface area contributed by atoms with E-state index < -0.39 is 16.0 Å². The molecule has 0 heterocycles. The van der Waals surface area contributed by atoms with E-state index in [2.05, 4.69) is 27.2 Å². The Kier molecular flexibility index (Phi) is 4.66. The zero-order valence-corrected chi connectivity index (χ0v) is 12.0. The lowest BCUT2D eigenvalue weighted by molar-refractivity contribution is 0.0696. The lowest BCUT2D eigenvalue weighted by atomic mass is 10.2. The SMILES string of the molecule is C=C(C)CNS(=O)(=O)c1cc(C(=O)O)ccc1Br. The molecule has 0 unspecified atom stereocenters. The van der Waals surface area contributed by atoms with Gasteiger partial charge in [-0.15, -0.1) is 0 Å². The van der Waals surface area contributed by atoms with Crippen LogP contribution in [0.3, 0.4) is 0 Å². The maximum Gasteiger partial charge on any atom is 0.335 e. The second kappa shape index (κ2) is 5.64.